The largest absolute Gasteiger partial charge is 0.382 e. The van der Waals surface area contributed by atoms with Crippen molar-refractivity contribution >= 4 is 17.5 Å². The van der Waals surface area contributed by atoms with Crippen molar-refractivity contribution in [2.24, 2.45) is 0 Å². The Morgan fingerprint density at radius 3 is 2.88 bits per heavy atom. The van der Waals surface area contributed by atoms with Gasteiger partial charge in [-0.1, -0.05) is 11.6 Å². The van der Waals surface area contributed by atoms with Crippen LogP contribution in [-0.4, -0.2) is 44.4 Å². The Morgan fingerprint density at radius 1 is 1.41 bits per heavy atom. The van der Waals surface area contributed by atoms with Crippen LogP contribution in [0.25, 0.3) is 0 Å². The standard InChI is InChI=1S/C11H15ClN2O3/c1-16-6-7-17-5-4-13-11(15)9-2-3-10(12)14-8-9/h2-3,8H,4-7H2,1H3,(H,13,15). The van der Waals surface area contributed by atoms with Gasteiger partial charge in [0.2, 0.25) is 0 Å². The van der Waals surface area contributed by atoms with Gasteiger partial charge in [0.15, 0.2) is 0 Å². The zero-order valence-corrected chi connectivity index (χ0v) is 10.4. The summed E-state index contributed by atoms with van der Waals surface area (Å²) in [6.45, 7) is 1.98. The minimum atomic E-state index is -0.190. The predicted octanol–water partition coefficient (Wildman–Crippen LogP) is 1.13. The van der Waals surface area contributed by atoms with Crippen molar-refractivity contribution in [1.29, 1.82) is 0 Å². The van der Waals surface area contributed by atoms with Crippen LogP contribution in [0.3, 0.4) is 0 Å². The van der Waals surface area contributed by atoms with E-state index in [0.717, 1.165) is 0 Å². The number of carbonyl (C=O) groups excluding carboxylic acids is 1. The van der Waals surface area contributed by atoms with Gasteiger partial charge in [-0.3, -0.25) is 4.79 Å². The second-order valence-corrected chi connectivity index (χ2v) is 3.62. The maximum Gasteiger partial charge on any atom is 0.252 e. The Kier molecular flexibility index (Phi) is 6.54. The second kappa shape index (κ2) is 8.00. The number of pyridine rings is 1. The molecule has 0 aliphatic heterocycles. The monoisotopic (exact) mass is 258 g/mol. The normalized spacial score (nSPS) is 10.2. The van der Waals surface area contributed by atoms with Crippen molar-refractivity contribution in [3.8, 4) is 0 Å². The highest BCUT2D eigenvalue weighted by atomic mass is 35.5. The molecule has 94 valence electrons. The van der Waals surface area contributed by atoms with Crippen molar-refractivity contribution in [1.82, 2.24) is 10.3 Å². The van der Waals surface area contributed by atoms with Crippen LogP contribution in [0.1, 0.15) is 10.4 Å². The van der Waals surface area contributed by atoms with Gasteiger partial charge in [0.25, 0.3) is 5.91 Å². The summed E-state index contributed by atoms with van der Waals surface area (Å²) in [5.74, 6) is -0.190. The van der Waals surface area contributed by atoms with Gasteiger partial charge in [-0.25, -0.2) is 4.98 Å². The molecule has 0 fully saturated rings. The fourth-order valence-corrected chi connectivity index (χ4v) is 1.21. The Labute approximate surface area is 105 Å². The van der Waals surface area contributed by atoms with Crippen LogP contribution >= 0.6 is 11.6 Å². The topological polar surface area (TPSA) is 60.5 Å². The first-order valence-corrected chi connectivity index (χ1v) is 5.58. The number of halogens is 1. The van der Waals surface area contributed by atoms with Gasteiger partial charge in [0, 0.05) is 19.9 Å². The summed E-state index contributed by atoms with van der Waals surface area (Å²) in [6, 6.07) is 3.20. The third-order valence-corrected chi connectivity index (χ3v) is 2.18. The minimum absolute atomic E-state index is 0.190. The van der Waals surface area contributed by atoms with Gasteiger partial charge in [-0.15, -0.1) is 0 Å². The van der Waals surface area contributed by atoms with E-state index < -0.39 is 0 Å². The quantitative estimate of drug-likeness (QED) is 0.588. The third-order valence-electron chi connectivity index (χ3n) is 1.95. The molecular weight excluding hydrogens is 244 g/mol. The zero-order chi connectivity index (χ0) is 12.5. The molecule has 17 heavy (non-hydrogen) atoms. The maximum absolute atomic E-state index is 11.6. The highest BCUT2D eigenvalue weighted by Gasteiger charge is 2.04. The van der Waals surface area contributed by atoms with Crippen LogP contribution in [0, 0.1) is 0 Å². The van der Waals surface area contributed by atoms with E-state index in [2.05, 4.69) is 10.3 Å². The summed E-state index contributed by atoms with van der Waals surface area (Å²) in [7, 11) is 1.61. The van der Waals surface area contributed by atoms with E-state index in [0.29, 0.717) is 37.1 Å². The molecule has 1 heterocycles. The average molecular weight is 259 g/mol. The van der Waals surface area contributed by atoms with Crippen LogP contribution in [-0.2, 0) is 9.47 Å². The molecule has 1 aromatic rings. The lowest BCUT2D eigenvalue weighted by Crippen LogP contribution is -2.27. The summed E-state index contributed by atoms with van der Waals surface area (Å²) < 4.78 is 10.0. The molecule has 1 amide bonds. The van der Waals surface area contributed by atoms with Crippen LogP contribution in [0.2, 0.25) is 5.15 Å². The van der Waals surface area contributed by atoms with Gasteiger partial charge in [0.05, 0.1) is 25.4 Å². The molecule has 0 aliphatic rings. The molecule has 1 N–H and O–H groups in total. The Balaban J connectivity index is 2.19. The van der Waals surface area contributed by atoms with Crippen LogP contribution < -0.4 is 5.32 Å². The van der Waals surface area contributed by atoms with Crippen LogP contribution in [0.5, 0.6) is 0 Å². The average Bonchev–Trinajstić information content (AvgIpc) is 2.34. The molecule has 5 nitrogen and oxygen atoms in total. The number of hydrogen-bond donors (Lipinski definition) is 1. The van der Waals surface area contributed by atoms with Crippen molar-refractivity contribution in [3.05, 3.63) is 29.0 Å². The number of aromatic nitrogens is 1. The van der Waals surface area contributed by atoms with E-state index >= 15 is 0 Å². The molecule has 1 aromatic heterocycles. The van der Waals surface area contributed by atoms with E-state index in [9.17, 15) is 4.79 Å². The molecule has 0 spiro atoms. The minimum Gasteiger partial charge on any atom is -0.382 e. The Hall–Kier alpha value is -1.17. The number of nitrogens with zero attached hydrogens (tertiary/aromatic N) is 1. The fraction of sp³-hybridized carbons (Fsp3) is 0.455. The van der Waals surface area contributed by atoms with E-state index in [4.69, 9.17) is 21.1 Å². The van der Waals surface area contributed by atoms with Crippen molar-refractivity contribution < 1.29 is 14.3 Å². The van der Waals surface area contributed by atoms with E-state index in [1.54, 1.807) is 19.2 Å². The lowest BCUT2D eigenvalue weighted by atomic mass is 10.3. The summed E-state index contributed by atoms with van der Waals surface area (Å²) >= 11 is 5.62. The van der Waals surface area contributed by atoms with Crippen molar-refractivity contribution in [2.75, 3.05) is 33.5 Å². The van der Waals surface area contributed by atoms with E-state index in [1.807, 2.05) is 0 Å². The molecule has 0 aromatic carbocycles. The molecule has 1 rings (SSSR count). The van der Waals surface area contributed by atoms with Gasteiger partial charge < -0.3 is 14.8 Å². The lowest BCUT2D eigenvalue weighted by molar-refractivity contribution is 0.0692. The number of amides is 1. The first kappa shape index (κ1) is 13.9. The number of nitrogens with one attached hydrogen (secondary N) is 1. The molecule has 0 bridgehead atoms. The summed E-state index contributed by atoms with van der Waals surface area (Å²) in [4.78, 5) is 15.4. The second-order valence-electron chi connectivity index (χ2n) is 3.23. The Bertz CT molecular complexity index is 343. The molecule has 6 heteroatoms. The van der Waals surface area contributed by atoms with E-state index in [1.165, 1.54) is 6.20 Å². The number of methoxy groups -OCH3 is 1. The molecule has 0 saturated carbocycles. The van der Waals surface area contributed by atoms with Crippen molar-refractivity contribution in [3.63, 3.8) is 0 Å². The number of carbonyl (C=O) groups is 1. The molecule has 0 atom stereocenters. The number of rotatable bonds is 7. The van der Waals surface area contributed by atoms with Gasteiger partial charge >= 0.3 is 0 Å². The first-order chi connectivity index (χ1) is 8.24. The molecule has 0 saturated heterocycles. The predicted molar refractivity (Wildman–Crippen MR) is 64.3 cm³/mol. The number of ether oxygens (including phenoxy) is 2. The molecule has 0 aliphatic carbocycles. The van der Waals surface area contributed by atoms with Crippen LogP contribution in [0.15, 0.2) is 18.3 Å². The molecular formula is C11H15ClN2O3. The summed E-state index contributed by atoms with van der Waals surface area (Å²) in [6.07, 6.45) is 1.43. The van der Waals surface area contributed by atoms with Gasteiger partial charge in [-0.05, 0) is 12.1 Å². The zero-order valence-electron chi connectivity index (χ0n) is 9.61. The summed E-state index contributed by atoms with van der Waals surface area (Å²) in [5, 5.41) is 3.07. The fourth-order valence-electron chi connectivity index (χ4n) is 1.09. The smallest absolute Gasteiger partial charge is 0.252 e. The Morgan fingerprint density at radius 2 is 2.24 bits per heavy atom. The molecule has 0 unspecified atom stereocenters. The number of hydrogen-bond acceptors (Lipinski definition) is 4. The van der Waals surface area contributed by atoms with Gasteiger partial charge in [0.1, 0.15) is 5.15 Å². The SMILES string of the molecule is COCCOCCNC(=O)c1ccc(Cl)nc1. The first-order valence-electron chi connectivity index (χ1n) is 5.20. The van der Waals surface area contributed by atoms with Gasteiger partial charge in [-0.2, -0.15) is 0 Å². The highest BCUT2D eigenvalue weighted by Crippen LogP contribution is 2.04. The molecule has 0 radical (unpaired) electrons. The third kappa shape index (κ3) is 5.63. The highest BCUT2D eigenvalue weighted by molar-refractivity contribution is 6.29. The van der Waals surface area contributed by atoms with Crippen LogP contribution in [0.4, 0.5) is 0 Å². The van der Waals surface area contributed by atoms with Crippen molar-refractivity contribution in [2.45, 2.75) is 0 Å². The van der Waals surface area contributed by atoms with E-state index in [-0.39, 0.29) is 5.91 Å². The lowest BCUT2D eigenvalue weighted by Gasteiger charge is -2.05. The maximum atomic E-state index is 11.6. The summed E-state index contributed by atoms with van der Waals surface area (Å²) in [5.41, 5.74) is 0.478.